The molecule has 0 aliphatic rings. The van der Waals surface area contributed by atoms with E-state index in [1.165, 1.54) is 13.3 Å². The summed E-state index contributed by atoms with van der Waals surface area (Å²) < 4.78 is 21.0. The standard InChI is InChI=1S/C7H12N2O3S/c1-5(13(11)12)7(10)6-3-9(2)4-8-6/h3-5,7,10H,1-2H3,(H,11,12)/t5-,7+/m1/s1. The third-order valence-corrected chi connectivity index (χ3v) is 2.68. The van der Waals surface area contributed by atoms with Crippen molar-refractivity contribution >= 4 is 11.1 Å². The number of nitrogens with zero attached hydrogens (tertiary/aromatic N) is 2. The first-order valence-electron chi connectivity index (χ1n) is 3.78. The van der Waals surface area contributed by atoms with Gasteiger partial charge in [-0.2, -0.15) is 0 Å². The maximum absolute atomic E-state index is 10.6. The average Bonchev–Trinajstić information content (AvgIpc) is 2.49. The Morgan fingerprint density at radius 1 is 1.69 bits per heavy atom. The van der Waals surface area contributed by atoms with Gasteiger partial charge in [-0.3, -0.25) is 0 Å². The summed E-state index contributed by atoms with van der Waals surface area (Å²) in [5, 5.41) is 8.82. The summed E-state index contributed by atoms with van der Waals surface area (Å²) in [6, 6.07) is 0. The Morgan fingerprint density at radius 3 is 2.69 bits per heavy atom. The second-order valence-corrected chi connectivity index (χ2v) is 4.19. The van der Waals surface area contributed by atoms with Gasteiger partial charge in [-0.25, -0.2) is 9.19 Å². The van der Waals surface area contributed by atoms with Gasteiger partial charge < -0.3 is 14.2 Å². The monoisotopic (exact) mass is 204 g/mol. The van der Waals surface area contributed by atoms with E-state index in [1.807, 2.05) is 0 Å². The molecule has 5 nitrogen and oxygen atoms in total. The number of imidazole rings is 1. The zero-order chi connectivity index (χ0) is 10.0. The molecular formula is C7H12N2O3S. The zero-order valence-corrected chi connectivity index (χ0v) is 8.23. The lowest BCUT2D eigenvalue weighted by molar-refractivity contribution is 0.171. The van der Waals surface area contributed by atoms with Gasteiger partial charge in [0.25, 0.3) is 0 Å². The van der Waals surface area contributed by atoms with Crippen LogP contribution in [0.4, 0.5) is 0 Å². The number of aliphatic hydroxyl groups is 1. The quantitative estimate of drug-likeness (QED) is 0.683. The molecule has 0 saturated carbocycles. The Balaban J connectivity index is 2.78. The van der Waals surface area contributed by atoms with Crippen LogP contribution in [0, 0.1) is 0 Å². The Kier molecular flexibility index (Phi) is 3.18. The van der Waals surface area contributed by atoms with Crippen molar-refractivity contribution in [3.8, 4) is 0 Å². The summed E-state index contributed by atoms with van der Waals surface area (Å²) in [6.07, 6.45) is 2.16. The van der Waals surface area contributed by atoms with Crippen LogP contribution in [-0.2, 0) is 18.1 Å². The minimum Gasteiger partial charge on any atom is -0.385 e. The third kappa shape index (κ3) is 2.36. The van der Waals surface area contributed by atoms with E-state index in [2.05, 4.69) is 4.98 Å². The minimum absolute atomic E-state index is 0.414. The molecule has 0 radical (unpaired) electrons. The molecule has 0 spiro atoms. The van der Waals surface area contributed by atoms with Crippen molar-refractivity contribution in [2.24, 2.45) is 7.05 Å². The van der Waals surface area contributed by atoms with Crippen LogP contribution in [0.5, 0.6) is 0 Å². The average molecular weight is 204 g/mol. The first-order valence-corrected chi connectivity index (χ1v) is 4.95. The highest BCUT2D eigenvalue weighted by Gasteiger charge is 2.22. The fraction of sp³-hybridized carbons (Fsp3) is 0.571. The van der Waals surface area contributed by atoms with Gasteiger partial charge in [-0.1, -0.05) is 0 Å². The fourth-order valence-electron chi connectivity index (χ4n) is 0.937. The van der Waals surface area contributed by atoms with E-state index in [1.54, 1.807) is 17.8 Å². The van der Waals surface area contributed by atoms with E-state index in [0.717, 1.165) is 0 Å². The molecular weight excluding hydrogens is 192 g/mol. The molecule has 74 valence electrons. The van der Waals surface area contributed by atoms with Crippen LogP contribution in [0.15, 0.2) is 12.5 Å². The van der Waals surface area contributed by atoms with E-state index in [4.69, 9.17) is 4.55 Å². The van der Waals surface area contributed by atoms with Crippen LogP contribution in [0.25, 0.3) is 0 Å². The van der Waals surface area contributed by atoms with Crippen LogP contribution in [-0.4, -0.2) is 28.7 Å². The van der Waals surface area contributed by atoms with Gasteiger partial charge in [0.05, 0.1) is 17.3 Å². The first-order chi connectivity index (χ1) is 6.02. The first kappa shape index (κ1) is 10.4. The molecule has 0 aliphatic heterocycles. The van der Waals surface area contributed by atoms with Gasteiger partial charge in [0.1, 0.15) is 6.10 Å². The summed E-state index contributed by atoms with van der Waals surface area (Å²) in [6.45, 7) is 1.50. The van der Waals surface area contributed by atoms with Crippen LogP contribution in [0.2, 0.25) is 0 Å². The summed E-state index contributed by atoms with van der Waals surface area (Å²) in [4.78, 5) is 3.89. The number of aromatic nitrogens is 2. The third-order valence-electron chi connectivity index (χ3n) is 1.79. The van der Waals surface area contributed by atoms with E-state index in [9.17, 15) is 9.32 Å². The van der Waals surface area contributed by atoms with Crippen LogP contribution in [0.1, 0.15) is 18.7 Å². The van der Waals surface area contributed by atoms with Crippen molar-refractivity contribution in [3.05, 3.63) is 18.2 Å². The molecule has 0 aromatic carbocycles. The molecule has 0 amide bonds. The van der Waals surface area contributed by atoms with Crippen molar-refractivity contribution in [1.82, 2.24) is 9.55 Å². The van der Waals surface area contributed by atoms with Gasteiger partial charge in [-0.05, 0) is 6.92 Å². The highest BCUT2D eigenvalue weighted by molar-refractivity contribution is 7.79. The normalized spacial score (nSPS) is 18.2. The highest BCUT2D eigenvalue weighted by Crippen LogP contribution is 2.17. The fourth-order valence-corrected chi connectivity index (χ4v) is 1.30. The number of hydrogen-bond donors (Lipinski definition) is 2. The van der Waals surface area contributed by atoms with E-state index in [0.29, 0.717) is 5.69 Å². The largest absolute Gasteiger partial charge is 0.385 e. The number of hydrogen-bond acceptors (Lipinski definition) is 3. The molecule has 3 atom stereocenters. The predicted molar refractivity (Wildman–Crippen MR) is 48.4 cm³/mol. The summed E-state index contributed by atoms with van der Waals surface area (Å²) in [5.41, 5.74) is 0.414. The topological polar surface area (TPSA) is 75.3 Å². The van der Waals surface area contributed by atoms with Crippen molar-refractivity contribution in [3.63, 3.8) is 0 Å². The smallest absolute Gasteiger partial charge is 0.158 e. The summed E-state index contributed by atoms with van der Waals surface area (Å²) >= 11 is -2.03. The predicted octanol–water partition coefficient (Wildman–Crippen LogP) is 0.0637. The lowest BCUT2D eigenvalue weighted by Crippen LogP contribution is -2.20. The Labute approximate surface area is 78.7 Å². The molecule has 1 unspecified atom stereocenters. The van der Waals surface area contributed by atoms with E-state index >= 15 is 0 Å². The number of aryl methyl sites for hydroxylation is 1. The molecule has 0 saturated heterocycles. The van der Waals surface area contributed by atoms with Crippen LogP contribution in [0.3, 0.4) is 0 Å². The minimum atomic E-state index is -2.03. The van der Waals surface area contributed by atoms with Crippen molar-refractivity contribution in [2.75, 3.05) is 0 Å². The van der Waals surface area contributed by atoms with Gasteiger partial charge in [-0.15, -0.1) is 0 Å². The van der Waals surface area contributed by atoms with Crippen molar-refractivity contribution in [1.29, 1.82) is 0 Å². The molecule has 2 N–H and O–H groups in total. The summed E-state index contributed by atoms with van der Waals surface area (Å²) in [5.74, 6) is 0. The number of aliphatic hydroxyl groups excluding tert-OH is 1. The van der Waals surface area contributed by atoms with Crippen LogP contribution < -0.4 is 0 Å². The second-order valence-electron chi connectivity index (χ2n) is 2.89. The van der Waals surface area contributed by atoms with Gasteiger partial charge in [0.2, 0.25) is 0 Å². The zero-order valence-electron chi connectivity index (χ0n) is 7.41. The van der Waals surface area contributed by atoms with E-state index < -0.39 is 22.4 Å². The van der Waals surface area contributed by atoms with Crippen molar-refractivity contribution < 1.29 is 13.9 Å². The van der Waals surface area contributed by atoms with Crippen LogP contribution >= 0.6 is 0 Å². The molecule has 0 aliphatic carbocycles. The lowest BCUT2D eigenvalue weighted by Gasteiger charge is -2.12. The molecule has 0 bridgehead atoms. The molecule has 13 heavy (non-hydrogen) atoms. The van der Waals surface area contributed by atoms with Gasteiger partial charge in [0, 0.05) is 13.2 Å². The lowest BCUT2D eigenvalue weighted by atomic mass is 10.2. The highest BCUT2D eigenvalue weighted by atomic mass is 32.2. The summed E-state index contributed by atoms with van der Waals surface area (Å²) in [7, 11) is 1.77. The molecule has 0 fully saturated rings. The molecule has 1 aromatic heterocycles. The molecule has 1 rings (SSSR count). The SMILES string of the molecule is C[C@H]([C@H](O)c1cn(C)cn1)S(=O)O. The Hall–Kier alpha value is -0.720. The molecule has 1 aromatic rings. The Morgan fingerprint density at radius 2 is 2.31 bits per heavy atom. The maximum Gasteiger partial charge on any atom is 0.158 e. The second kappa shape index (κ2) is 3.99. The van der Waals surface area contributed by atoms with Gasteiger partial charge >= 0.3 is 0 Å². The molecule has 1 heterocycles. The van der Waals surface area contributed by atoms with Crippen molar-refractivity contribution in [2.45, 2.75) is 18.3 Å². The molecule has 6 heteroatoms. The van der Waals surface area contributed by atoms with Gasteiger partial charge in [0.15, 0.2) is 11.1 Å². The maximum atomic E-state index is 10.6. The Bertz CT molecular complexity index is 312. The van der Waals surface area contributed by atoms with E-state index in [-0.39, 0.29) is 0 Å². The number of rotatable bonds is 3.